The number of hydrogen-bond acceptors (Lipinski definition) is 7. The van der Waals surface area contributed by atoms with Gasteiger partial charge >= 0.3 is 11.9 Å². The summed E-state index contributed by atoms with van der Waals surface area (Å²) in [5, 5.41) is 4.47. The van der Waals surface area contributed by atoms with Crippen molar-refractivity contribution in [2.24, 2.45) is 5.29 Å². The number of esters is 2. The topological polar surface area (TPSA) is 94.5 Å². The van der Waals surface area contributed by atoms with Gasteiger partial charge in [0.15, 0.2) is 0 Å². The van der Waals surface area contributed by atoms with Crippen LogP contribution in [0.4, 0.5) is 5.69 Å². The Labute approximate surface area is 172 Å². The molecule has 0 unspecified atom stereocenters. The van der Waals surface area contributed by atoms with Gasteiger partial charge in [0.1, 0.15) is 18.0 Å². The van der Waals surface area contributed by atoms with E-state index in [2.05, 4.69) is 5.29 Å². The van der Waals surface area contributed by atoms with E-state index in [4.69, 9.17) is 25.8 Å². The zero-order chi connectivity index (χ0) is 21.1. The number of carbonyl (C=O) groups is 2. The van der Waals surface area contributed by atoms with Crippen LogP contribution in [0, 0.1) is 11.8 Å². The van der Waals surface area contributed by atoms with E-state index in [1.807, 2.05) is 0 Å². The van der Waals surface area contributed by atoms with E-state index in [1.54, 1.807) is 38.1 Å². The first-order valence-corrected chi connectivity index (χ1v) is 9.28. The average molecular weight is 419 g/mol. The Kier molecular flexibility index (Phi) is 6.03. The van der Waals surface area contributed by atoms with Crippen LogP contribution >= 0.6 is 11.6 Å². The predicted octanol–water partition coefficient (Wildman–Crippen LogP) is 4.16. The lowest BCUT2D eigenvalue weighted by Crippen LogP contribution is -2.31. The highest BCUT2D eigenvalue weighted by molar-refractivity contribution is 6.34. The zero-order valence-electron chi connectivity index (χ0n) is 16.2. The van der Waals surface area contributed by atoms with Crippen LogP contribution < -0.4 is 9.75 Å². The van der Waals surface area contributed by atoms with Gasteiger partial charge in [-0.15, -0.1) is 4.91 Å². The van der Waals surface area contributed by atoms with Gasteiger partial charge in [-0.2, -0.15) is 0 Å². The predicted molar refractivity (Wildman–Crippen MR) is 108 cm³/mol. The second-order valence-electron chi connectivity index (χ2n) is 6.17. The van der Waals surface area contributed by atoms with Crippen molar-refractivity contribution in [3.05, 3.63) is 50.9 Å². The number of hydrogen-bond donors (Lipinski definition) is 0. The van der Waals surface area contributed by atoms with Crippen LogP contribution in [0.5, 0.6) is 5.75 Å². The number of fused-ring (bicyclic) bond motifs is 1. The zero-order valence-corrected chi connectivity index (χ0v) is 16.9. The molecule has 0 aromatic heterocycles. The van der Waals surface area contributed by atoms with Gasteiger partial charge in [-0.05, 0) is 19.9 Å². The summed E-state index contributed by atoms with van der Waals surface area (Å²) in [6, 6.07) is 6.74. The molecule has 1 aliphatic rings. The molecule has 0 spiro atoms. The van der Waals surface area contributed by atoms with Crippen LogP contribution in [0.2, 0.25) is 5.02 Å². The van der Waals surface area contributed by atoms with Crippen molar-refractivity contribution in [3.63, 3.8) is 0 Å². The molecule has 29 heavy (non-hydrogen) atoms. The number of anilines is 1. The summed E-state index contributed by atoms with van der Waals surface area (Å²) in [7, 11) is 1.24. The van der Waals surface area contributed by atoms with Crippen molar-refractivity contribution in [3.8, 4) is 16.9 Å². The maximum atomic E-state index is 13.0. The van der Waals surface area contributed by atoms with Crippen molar-refractivity contribution < 1.29 is 23.8 Å². The lowest BCUT2D eigenvalue weighted by molar-refractivity contribution is 0.0527. The summed E-state index contributed by atoms with van der Waals surface area (Å²) in [6.45, 7) is 3.69. The Morgan fingerprint density at radius 2 is 1.97 bits per heavy atom. The number of halogens is 1. The second-order valence-corrected chi connectivity index (χ2v) is 6.58. The first-order valence-electron chi connectivity index (χ1n) is 8.90. The minimum Gasteiger partial charge on any atom is -0.489 e. The Morgan fingerprint density at radius 3 is 2.59 bits per heavy atom. The fraction of sp³-hybridized carbons (Fsp3) is 0.300. The lowest BCUT2D eigenvalue weighted by atomic mass is 9.88. The summed E-state index contributed by atoms with van der Waals surface area (Å²) in [6.07, 6.45) is 0. The summed E-state index contributed by atoms with van der Waals surface area (Å²) >= 11 is 6.40. The van der Waals surface area contributed by atoms with E-state index in [0.717, 1.165) is 5.01 Å². The molecule has 0 saturated carbocycles. The SMILES string of the molecule is CCOC(=O)c1c(-c2ccccc2Cl)c(C(=O)OC)c(C)c2c1N(N=O)CCO2. The molecule has 0 aliphatic carbocycles. The quantitative estimate of drug-likeness (QED) is 0.531. The molecular formula is C20H19ClN2O6. The largest absolute Gasteiger partial charge is 0.489 e. The van der Waals surface area contributed by atoms with E-state index < -0.39 is 11.9 Å². The van der Waals surface area contributed by atoms with Crippen molar-refractivity contribution in [1.29, 1.82) is 0 Å². The summed E-state index contributed by atoms with van der Waals surface area (Å²) in [5.41, 5.74) is 1.25. The van der Waals surface area contributed by atoms with Gasteiger partial charge in [0.05, 0.1) is 36.7 Å². The van der Waals surface area contributed by atoms with Gasteiger partial charge in [-0.1, -0.05) is 29.8 Å². The summed E-state index contributed by atoms with van der Waals surface area (Å²) in [4.78, 5) is 37.3. The van der Waals surface area contributed by atoms with Crippen molar-refractivity contribution >= 4 is 29.2 Å². The van der Waals surface area contributed by atoms with E-state index >= 15 is 0 Å². The van der Waals surface area contributed by atoms with Gasteiger partial charge in [0, 0.05) is 21.7 Å². The number of methoxy groups -OCH3 is 1. The third-order valence-corrected chi connectivity index (χ3v) is 4.92. The third-order valence-electron chi connectivity index (χ3n) is 4.59. The molecule has 0 radical (unpaired) electrons. The number of benzene rings is 2. The standard InChI is InChI=1S/C20H19ClN2O6/c1-4-28-20(25)16-15(12-7-5-6-8-13(12)21)14(19(24)27-3)11(2)18-17(16)23(22-26)9-10-29-18/h5-8H,4,9-10H2,1-3H3. The number of carbonyl (C=O) groups excluding carboxylic acids is 2. The first kappa shape index (κ1) is 20.6. The lowest BCUT2D eigenvalue weighted by Gasteiger charge is -2.30. The molecule has 3 rings (SSSR count). The van der Waals surface area contributed by atoms with Gasteiger partial charge in [0.25, 0.3) is 0 Å². The fourth-order valence-corrected chi connectivity index (χ4v) is 3.61. The molecule has 8 nitrogen and oxygen atoms in total. The molecule has 1 aliphatic heterocycles. The third kappa shape index (κ3) is 3.51. The van der Waals surface area contributed by atoms with E-state index in [9.17, 15) is 14.5 Å². The highest BCUT2D eigenvalue weighted by Crippen LogP contribution is 2.48. The fourth-order valence-electron chi connectivity index (χ4n) is 3.38. The van der Waals surface area contributed by atoms with Crippen LogP contribution in [-0.4, -0.2) is 38.8 Å². The molecule has 1 heterocycles. The Bertz CT molecular complexity index is 991. The second kappa shape index (κ2) is 8.48. The van der Waals surface area contributed by atoms with Crippen molar-refractivity contribution in [2.45, 2.75) is 13.8 Å². The van der Waals surface area contributed by atoms with Crippen molar-refractivity contribution in [2.75, 3.05) is 31.9 Å². The van der Waals surface area contributed by atoms with Crippen LogP contribution in [0.15, 0.2) is 29.6 Å². The molecule has 2 aromatic carbocycles. The molecule has 0 saturated heterocycles. The Balaban J connectivity index is 2.53. The van der Waals surface area contributed by atoms with Gasteiger partial charge in [0.2, 0.25) is 0 Å². The maximum Gasteiger partial charge on any atom is 0.341 e. The Morgan fingerprint density at radius 1 is 1.24 bits per heavy atom. The molecule has 152 valence electrons. The smallest absolute Gasteiger partial charge is 0.341 e. The van der Waals surface area contributed by atoms with E-state index in [0.29, 0.717) is 16.1 Å². The minimum atomic E-state index is -0.733. The van der Waals surface area contributed by atoms with Crippen LogP contribution in [0.1, 0.15) is 33.2 Å². The van der Waals surface area contributed by atoms with Crippen LogP contribution in [0.3, 0.4) is 0 Å². The van der Waals surface area contributed by atoms with Gasteiger partial charge in [-0.3, -0.25) is 0 Å². The Hall–Kier alpha value is -3.13. The molecule has 0 fully saturated rings. The van der Waals surface area contributed by atoms with Gasteiger partial charge in [-0.25, -0.2) is 14.6 Å². The van der Waals surface area contributed by atoms with Gasteiger partial charge < -0.3 is 14.2 Å². The molecule has 9 heteroatoms. The van der Waals surface area contributed by atoms with E-state index in [-0.39, 0.29) is 47.9 Å². The summed E-state index contributed by atoms with van der Waals surface area (Å²) < 4.78 is 15.9. The number of ether oxygens (including phenoxy) is 3. The van der Waals surface area contributed by atoms with Crippen molar-refractivity contribution in [1.82, 2.24) is 0 Å². The van der Waals surface area contributed by atoms with E-state index in [1.165, 1.54) is 7.11 Å². The van der Waals surface area contributed by atoms with Crippen LogP contribution in [0.25, 0.3) is 11.1 Å². The minimum absolute atomic E-state index is 0.0275. The molecule has 2 aromatic rings. The normalized spacial score (nSPS) is 12.6. The highest BCUT2D eigenvalue weighted by Gasteiger charge is 2.36. The average Bonchev–Trinajstić information content (AvgIpc) is 2.73. The number of rotatable bonds is 5. The van der Waals surface area contributed by atoms with Crippen LogP contribution in [-0.2, 0) is 9.47 Å². The molecule has 0 atom stereocenters. The number of nitroso groups, excluding NO2 is 1. The summed E-state index contributed by atoms with van der Waals surface area (Å²) in [5.74, 6) is -1.20. The molecular weight excluding hydrogens is 400 g/mol. The first-order chi connectivity index (χ1) is 14.0. The maximum absolute atomic E-state index is 13.0. The monoisotopic (exact) mass is 418 g/mol. The highest BCUT2D eigenvalue weighted by atomic mass is 35.5. The molecule has 0 N–H and O–H groups in total. The molecule has 0 bridgehead atoms. The number of nitrogens with zero attached hydrogens (tertiary/aromatic N) is 2. The molecule has 0 amide bonds.